The second-order valence-corrected chi connectivity index (χ2v) is 7.02. The molecule has 0 spiro atoms. The van der Waals surface area contributed by atoms with Crippen LogP contribution in [0.4, 0.5) is 5.69 Å². The molecule has 9 nitrogen and oxygen atoms in total. The molecule has 1 amide bonds. The van der Waals surface area contributed by atoms with E-state index in [1.54, 1.807) is 12.1 Å². The minimum absolute atomic E-state index is 0.0802. The van der Waals surface area contributed by atoms with Gasteiger partial charge in [-0.3, -0.25) is 9.59 Å². The molecule has 3 aromatic rings. The molecule has 9 heteroatoms. The molecule has 3 rings (SSSR count). The molecule has 2 N–H and O–H groups in total. The van der Waals surface area contributed by atoms with Crippen LogP contribution in [0.2, 0.25) is 0 Å². The van der Waals surface area contributed by atoms with E-state index in [0.29, 0.717) is 22.9 Å². The highest BCUT2D eigenvalue weighted by Crippen LogP contribution is 2.39. The molecule has 0 unspecified atom stereocenters. The molecule has 0 saturated heterocycles. The lowest BCUT2D eigenvalue weighted by Crippen LogP contribution is -2.23. The van der Waals surface area contributed by atoms with Crippen LogP contribution in [0, 0.1) is 0 Å². The fourth-order valence-electron chi connectivity index (χ4n) is 3.23. The van der Waals surface area contributed by atoms with Crippen molar-refractivity contribution in [2.24, 2.45) is 0 Å². The number of carbonyl (C=O) groups is 1. The molecule has 33 heavy (non-hydrogen) atoms. The maximum atomic E-state index is 12.7. The van der Waals surface area contributed by atoms with Gasteiger partial charge in [-0.2, -0.15) is 0 Å². The minimum atomic E-state index is -0.411. The number of ether oxygens (including phenoxy) is 4. The zero-order valence-corrected chi connectivity index (χ0v) is 18.7. The summed E-state index contributed by atoms with van der Waals surface area (Å²) >= 11 is 0. The zero-order chi connectivity index (χ0) is 23.8. The van der Waals surface area contributed by atoms with Crippen LogP contribution in [0.15, 0.2) is 59.5 Å². The highest BCUT2D eigenvalue weighted by Gasteiger charge is 2.16. The van der Waals surface area contributed by atoms with Gasteiger partial charge in [0.1, 0.15) is 13.2 Å². The third kappa shape index (κ3) is 5.83. The molecule has 0 aliphatic carbocycles. The van der Waals surface area contributed by atoms with Crippen molar-refractivity contribution in [3.05, 3.63) is 76.2 Å². The first-order valence-electron chi connectivity index (χ1n) is 10.1. The third-order valence-corrected chi connectivity index (χ3v) is 4.84. The van der Waals surface area contributed by atoms with E-state index >= 15 is 0 Å². The number of anilines is 1. The lowest BCUT2D eigenvalue weighted by atomic mass is 10.2. The number of pyridine rings is 1. The number of nitrogens with zero attached hydrogens (tertiary/aromatic N) is 1. The maximum Gasteiger partial charge on any atom is 0.244 e. The maximum absolute atomic E-state index is 12.7. The van der Waals surface area contributed by atoms with E-state index in [0.717, 1.165) is 5.56 Å². The summed E-state index contributed by atoms with van der Waals surface area (Å²) in [4.78, 5) is 25.1. The SMILES string of the molecule is COc1cc(NC(=O)Cn2cc(OCc3ccccc3)c(=O)cc2CO)cc(OC)c1OC. The first-order chi connectivity index (χ1) is 16.0. The molecule has 0 radical (unpaired) electrons. The van der Waals surface area contributed by atoms with Gasteiger partial charge in [-0.05, 0) is 5.56 Å². The van der Waals surface area contributed by atoms with Gasteiger partial charge in [0.05, 0.1) is 34.1 Å². The number of aliphatic hydroxyl groups excluding tert-OH is 1. The number of hydrogen-bond acceptors (Lipinski definition) is 7. The van der Waals surface area contributed by atoms with Crippen molar-refractivity contribution in [2.45, 2.75) is 19.8 Å². The van der Waals surface area contributed by atoms with Crippen LogP contribution in [0.3, 0.4) is 0 Å². The van der Waals surface area contributed by atoms with E-state index in [-0.39, 0.29) is 30.0 Å². The van der Waals surface area contributed by atoms with E-state index < -0.39 is 12.5 Å². The Balaban J connectivity index is 1.79. The van der Waals surface area contributed by atoms with Crippen LogP contribution in [-0.2, 0) is 24.6 Å². The van der Waals surface area contributed by atoms with E-state index in [1.807, 2.05) is 30.3 Å². The molecule has 1 heterocycles. The highest BCUT2D eigenvalue weighted by molar-refractivity contribution is 5.91. The smallest absolute Gasteiger partial charge is 0.244 e. The van der Waals surface area contributed by atoms with Gasteiger partial charge in [0.2, 0.25) is 17.1 Å². The molecule has 174 valence electrons. The van der Waals surface area contributed by atoms with Crippen molar-refractivity contribution in [1.82, 2.24) is 4.57 Å². The summed E-state index contributed by atoms with van der Waals surface area (Å²) in [5, 5.41) is 12.4. The molecule has 0 fully saturated rings. The predicted octanol–water partition coefficient (Wildman–Crippen LogP) is 2.58. The zero-order valence-electron chi connectivity index (χ0n) is 18.7. The average molecular weight is 454 g/mol. The molecule has 0 bridgehead atoms. The summed E-state index contributed by atoms with van der Waals surface area (Å²) in [6.07, 6.45) is 1.42. The highest BCUT2D eigenvalue weighted by atomic mass is 16.5. The summed E-state index contributed by atoms with van der Waals surface area (Å²) < 4.78 is 23.0. The summed E-state index contributed by atoms with van der Waals surface area (Å²) in [5.41, 5.74) is 1.24. The van der Waals surface area contributed by atoms with Crippen molar-refractivity contribution in [3.8, 4) is 23.0 Å². The van der Waals surface area contributed by atoms with Crippen molar-refractivity contribution >= 4 is 11.6 Å². The number of rotatable bonds is 10. The second kappa shape index (κ2) is 11.1. The van der Waals surface area contributed by atoms with Crippen LogP contribution in [0.5, 0.6) is 23.0 Å². The van der Waals surface area contributed by atoms with Crippen molar-refractivity contribution in [1.29, 1.82) is 0 Å². The normalized spacial score (nSPS) is 10.4. The van der Waals surface area contributed by atoms with E-state index in [4.69, 9.17) is 18.9 Å². The molecule has 1 aromatic heterocycles. The standard InChI is InChI=1S/C24H26N2O7/c1-30-20-9-17(10-21(31-2)24(20)32-3)25-23(29)13-26-12-22(19(28)11-18(26)14-27)33-15-16-7-5-4-6-8-16/h4-12,27H,13-15H2,1-3H3,(H,25,29). The Hall–Kier alpha value is -3.98. The molecule has 2 aromatic carbocycles. The monoisotopic (exact) mass is 454 g/mol. The van der Waals surface area contributed by atoms with E-state index in [9.17, 15) is 14.7 Å². The van der Waals surface area contributed by atoms with Gasteiger partial charge in [0.15, 0.2) is 17.2 Å². The number of amides is 1. The molecule has 0 saturated carbocycles. The molecule has 0 atom stereocenters. The number of nitrogens with one attached hydrogen (secondary N) is 1. The first kappa shape index (κ1) is 23.7. The topological polar surface area (TPSA) is 108 Å². The fourth-order valence-corrected chi connectivity index (χ4v) is 3.23. The Labute approximate surface area is 191 Å². The number of hydrogen-bond donors (Lipinski definition) is 2. The van der Waals surface area contributed by atoms with Gasteiger partial charge in [-0.25, -0.2) is 0 Å². The van der Waals surface area contributed by atoms with E-state index in [1.165, 1.54) is 38.2 Å². The molecular weight excluding hydrogens is 428 g/mol. The third-order valence-electron chi connectivity index (χ3n) is 4.84. The molecule has 0 aliphatic heterocycles. The summed E-state index contributed by atoms with van der Waals surface area (Å²) in [6.45, 7) is -0.369. The Morgan fingerprint density at radius 3 is 2.21 bits per heavy atom. The quantitative estimate of drug-likeness (QED) is 0.485. The van der Waals surface area contributed by atoms with Gasteiger partial charge in [0, 0.05) is 29.6 Å². The minimum Gasteiger partial charge on any atom is -0.493 e. The Kier molecular flexibility index (Phi) is 7.93. The van der Waals surface area contributed by atoms with Crippen molar-refractivity contribution < 1.29 is 28.8 Å². The summed E-state index contributed by atoms with van der Waals surface area (Å²) in [6, 6.07) is 13.9. The number of benzene rings is 2. The van der Waals surface area contributed by atoms with Gasteiger partial charge in [0.25, 0.3) is 0 Å². The summed E-state index contributed by atoms with van der Waals surface area (Å²) in [5.74, 6) is 0.876. The number of aliphatic hydroxyl groups is 1. The van der Waals surface area contributed by atoms with Gasteiger partial charge >= 0.3 is 0 Å². The lowest BCUT2D eigenvalue weighted by Gasteiger charge is -2.16. The number of aromatic nitrogens is 1. The van der Waals surface area contributed by atoms with Crippen LogP contribution in [0.25, 0.3) is 0 Å². The Bertz CT molecular complexity index is 1130. The average Bonchev–Trinajstić information content (AvgIpc) is 2.83. The van der Waals surface area contributed by atoms with Crippen LogP contribution < -0.4 is 29.7 Å². The van der Waals surface area contributed by atoms with Crippen LogP contribution in [-0.4, -0.2) is 36.9 Å². The van der Waals surface area contributed by atoms with E-state index in [2.05, 4.69) is 5.32 Å². The molecular formula is C24H26N2O7. The number of methoxy groups -OCH3 is 3. The van der Waals surface area contributed by atoms with Crippen LogP contribution in [0.1, 0.15) is 11.3 Å². The Morgan fingerprint density at radius 1 is 0.970 bits per heavy atom. The van der Waals surface area contributed by atoms with Gasteiger partial charge in [-0.1, -0.05) is 30.3 Å². The fraction of sp³-hybridized carbons (Fsp3) is 0.250. The summed E-state index contributed by atoms with van der Waals surface area (Å²) in [7, 11) is 4.45. The van der Waals surface area contributed by atoms with Crippen molar-refractivity contribution in [3.63, 3.8) is 0 Å². The largest absolute Gasteiger partial charge is 0.493 e. The first-order valence-corrected chi connectivity index (χ1v) is 10.1. The van der Waals surface area contributed by atoms with Crippen LogP contribution >= 0.6 is 0 Å². The number of carbonyl (C=O) groups excluding carboxylic acids is 1. The second-order valence-electron chi connectivity index (χ2n) is 7.02. The Morgan fingerprint density at radius 2 is 1.64 bits per heavy atom. The predicted molar refractivity (Wildman–Crippen MR) is 122 cm³/mol. The van der Waals surface area contributed by atoms with Gasteiger partial charge < -0.3 is 33.9 Å². The van der Waals surface area contributed by atoms with Crippen molar-refractivity contribution in [2.75, 3.05) is 26.6 Å². The van der Waals surface area contributed by atoms with Gasteiger partial charge in [-0.15, -0.1) is 0 Å². The lowest BCUT2D eigenvalue weighted by molar-refractivity contribution is -0.116. The molecule has 0 aliphatic rings.